The molecule has 3 nitrogen and oxygen atoms in total. The Bertz CT molecular complexity index is 433. The highest BCUT2D eigenvalue weighted by atomic mass is 35.5. The lowest BCUT2D eigenvalue weighted by Crippen LogP contribution is -2.23. The van der Waals surface area contributed by atoms with E-state index < -0.39 is 5.97 Å². The monoisotopic (exact) mass is 253 g/mol. The first kappa shape index (κ1) is 12.2. The summed E-state index contributed by atoms with van der Waals surface area (Å²) in [5, 5.41) is 12.8. The maximum Gasteiger partial charge on any atom is 0.339 e. The van der Waals surface area contributed by atoms with Gasteiger partial charge < -0.3 is 10.4 Å². The molecule has 0 aliphatic heterocycles. The third kappa shape index (κ3) is 2.55. The van der Waals surface area contributed by atoms with Gasteiger partial charge in [-0.3, -0.25) is 0 Å². The van der Waals surface area contributed by atoms with Gasteiger partial charge in [0.25, 0.3) is 0 Å². The first-order chi connectivity index (χ1) is 8.09. The number of nitrogens with one attached hydrogen (secondary N) is 1. The van der Waals surface area contributed by atoms with Crippen LogP contribution in [0, 0.1) is 5.92 Å². The number of benzene rings is 1. The predicted molar refractivity (Wildman–Crippen MR) is 68.8 cm³/mol. The van der Waals surface area contributed by atoms with Crippen molar-refractivity contribution in [1.82, 2.24) is 0 Å². The summed E-state index contributed by atoms with van der Waals surface area (Å²) in [4.78, 5) is 11.2. The van der Waals surface area contributed by atoms with Crippen molar-refractivity contribution in [2.45, 2.75) is 32.2 Å². The number of carbonyl (C=O) groups is 1. The van der Waals surface area contributed by atoms with E-state index >= 15 is 0 Å². The van der Waals surface area contributed by atoms with Crippen LogP contribution in [0.25, 0.3) is 0 Å². The van der Waals surface area contributed by atoms with Gasteiger partial charge in [0.15, 0.2) is 0 Å². The topological polar surface area (TPSA) is 49.3 Å². The highest BCUT2D eigenvalue weighted by molar-refractivity contribution is 6.34. The molecule has 0 radical (unpaired) electrons. The second kappa shape index (κ2) is 4.96. The Morgan fingerprint density at radius 1 is 1.47 bits per heavy atom. The predicted octanol–water partition coefficient (Wildman–Crippen LogP) is 3.64. The fourth-order valence-electron chi connectivity index (χ4n) is 2.42. The van der Waals surface area contributed by atoms with E-state index in [9.17, 15) is 4.79 Å². The summed E-state index contributed by atoms with van der Waals surface area (Å²) in [6.45, 7) is 2.19. The van der Waals surface area contributed by atoms with Crippen molar-refractivity contribution in [3.63, 3.8) is 0 Å². The van der Waals surface area contributed by atoms with E-state index in [0.29, 0.717) is 17.6 Å². The highest BCUT2D eigenvalue weighted by Gasteiger charge is 2.25. The van der Waals surface area contributed by atoms with Crippen LogP contribution < -0.4 is 5.32 Å². The van der Waals surface area contributed by atoms with Gasteiger partial charge in [-0.1, -0.05) is 31.0 Å². The zero-order valence-corrected chi connectivity index (χ0v) is 10.5. The first-order valence-corrected chi connectivity index (χ1v) is 6.25. The van der Waals surface area contributed by atoms with Crippen LogP contribution in [0.1, 0.15) is 36.5 Å². The highest BCUT2D eigenvalue weighted by Crippen LogP contribution is 2.31. The molecule has 1 aromatic carbocycles. The van der Waals surface area contributed by atoms with Crippen LogP contribution in [-0.2, 0) is 0 Å². The van der Waals surface area contributed by atoms with Crippen LogP contribution in [0.15, 0.2) is 18.2 Å². The normalized spacial score (nSPS) is 23.6. The second-order valence-electron chi connectivity index (χ2n) is 4.63. The minimum absolute atomic E-state index is 0.174. The molecule has 17 heavy (non-hydrogen) atoms. The van der Waals surface area contributed by atoms with Crippen LogP contribution in [0.2, 0.25) is 5.02 Å². The van der Waals surface area contributed by atoms with Gasteiger partial charge in [0.05, 0.1) is 10.7 Å². The Hall–Kier alpha value is -1.22. The summed E-state index contributed by atoms with van der Waals surface area (Å²) in [6.07, 6.45) is 3.48. The molecule has 0 bridgehead atoms. The summed E-state index contributed by atoms with van der Waals surface area (Å²) in [7, 11) is 0. The molecule has 2 unspecified atom stereocenters. The number of carboxylic acids is 1. The Kier molecular flexibility index (Phi) is 3.57. The van der Waals surface area contributed by atoms with Gasteiger partial charge in [-0.05, 0) is 30.9 Å². The maximum absolute atomic E-state index is 11.2. The largest absolute Gasteiger partial charge is 0.478 e. The summed E-state index contributed by atoms with van der Waals surface area (Å²) in [5.41, 5.74) is 0.803. The molecule has 2 N–H and O–H groups in total. The standard InChI is InChI=1S/C13H16ClNO2/c1-8-4-2-6-10(8)15-11-7-3-5-9(14)12(11)13(16)17/h3,5,7-8,10,15H,2,4,6H2,1H3,(H,16,17). The van der Waals surface area contributed by atoms with Crippen molar-refractivity contribution in [1.29, 1.82) is 0 Å². The minimum atomic E-state index is -0.983. The second-order valence-corrected chi connectivity index (χ2v) is 5.03. The lowest BCUT2D eigenvalue weighted by molar-refractivity contribution is 0.0698. The average Bonchev–Trinajstić information content (AvgIpc) is 2.64. The minimum Gasteiger partial charge on any atom is -0.478 e. The number of aromatic carboxylic acids is 1. The Labute approximate surface area is 106 Å². The van der Waals surface area contributed by atoms with Crippen molar-refractivity contribution in [2.24, 2.45) is 5.92 Å². The molecule has 1 saturated carbocycles. The van der Waals surface area contributed by atoms with Crippen molar-refractivity contribution in [2.75, 3.05) is 5.32 Å². The molecule has 0 spiro atoms. The molecule has 2 atom stereocenters. The molecule has 92 valence electrons. The average molecular weight is 254 g/mol. The lowest BCUT2D eigenvalue weighted by atomic mass is 10.1. The van der Waals surface area contributed by atoms with Crippen LogP contribution in [-0.4, -0.2) is 17.1 Å². The molecule has 0 heterocycles. The van der Waals surface area contributed by atoms with Crippen molar-refractivity contribution >= 4 is 23.3 Å². The van der Waals surface area contributed by atoms with E-state index in [1.165, 1.54) is 12.8 Å². The van der Waals surface area contributed by atoms with E-state index in [-0.39, 0.29) is 10.6 Å². The molecular formula is C13H16ClNO2. The van der Waals surface area contributed by atoms with Crippen LogP contribution in [0.4, 0.5) is 5.69 Å². The number of rotatable bonds is 3. The van der Waals surface area contributed by atoms with E-state index in [1.807, 2.05) is 0 Å². The summed E-state index contributed by atoms with van der Waals surface area (Å²) in [5.74, 6) is -0.403. The Balaban J connectivity index is 2.26. The molecule has 1 aliphatic carbocycles. The number of hydrogen-bond acceptors (Lipinski definition) is 2. The van der Waals surface area contributed by atoms with E-state index in [4.69, 9.17) is 16.7 Å². The van der Waals surface area contributed by atoms with Crippen LogP contribution in [0.3, 0.4) is 0 Å². The molecule has 2 rings (SSSR count). The van der Waals surface area contributed by atoms with Crippen LogP contribution in [0.5, 0.6) is 0 Å². The Morgan fingerprint density at radius 2 is 2.24 bits per heavy atom. The molecule has 0 saturated heterocycles. The summed E-state index contributed by atoms with van der Waals surface area (Å²) < 4.78 is 0. The quantitative estimate of drug-likeness (QED) is 0.865. The zero-order chi connectivity index (χ0) is 12.4. The fourth-order valence-corrected chi connectivity index (χ4v) is 2.68. The summed E-state index contributed by atoms with van der Waals surface area (Å²) in [6, 6.07) is 5.51. The number of anilines is 1. The van der Waals surface area contributed by atoms with E-state index in [0.717, 1.165) is 6.42 Å². The van der Waals surface area contributed by atoms with Crippen LogP contribution >= 0.6 is 11.6 Å². The number of carboxylic acid groups (broad SMARTS) is 1. The number of hydrogen-bond donors (Lipinski definition) is 2. The summed E-state index contributed by atoms with van der Waals surface area (Å²) >= 11 is 5.93. The zero-order valence-electron chi connectivity index (χ0n) is 9.74. The van der Waals surface area contributed by atoms with Gasteiger partial charge in [-0.25, -0.2) is 4.79 Å². The maximum atomic E-state index is 11.2. The van der Waals surface area contributed by atoms with Crippen molar-refractivity contribution < 1.29 is 9.90 Å². The third-order valence-corrected chi connectivity index (χ3v) is 3.74. The molecular weight excluding hydrogens is 238 g/mol. The van der Waals surface area contributed by atoms with Gasteiger partial charge in [0.1, 0.15) is 5.56 Å². The van der Waals surface area contributed by atoms with Crippen molar-refractivity contribution in [3.05, 3.63) is 28.8 Å². The smallest absolute Gasteiger partial charge is 0.339 e. The SMILES string of the molecule is CC1CCCC1Nc1cccc(Cl)c1C(=O)O. The lowest BCUT2D eigenvalue weighted by Gasteiger charge is -2.20. The number of halogens is 1. The van der Waals surface area contributed by atoms with E-state index in [2.05, 4.69) is 12.2 Å². The van der Waals surface area contributed by atoms with Gasteiger partial charge in [0, 0.05) is 6.04 Å². The van der Waals surface area contributed by atoms with Gasteiger partial charge in [0.2, 0.25) is 0 Å². The molecule has 0 amide bonds. The third-order valence-electron chi connectivity index (χ3n) is 3.43. The van der Waals surface area contributed by atoms with E-state index in [1.54, 1.807) is 18.2 Å². The molecule has 0 aromatic heterocycles. The first-order valence-electron chi connectivity index (χ1n) is 5.88. The molecule has 1 aromatic rings. The molecule has 4 heteroatoms. The molecule has 1 fully saturated rings. The van der Waals surface area contributed by atoms with Gasteiger partial charge in [-0.15, -0.1) is 0 Å². The molecule has 1 aliphatic rings. The van der Waals surface area contributed by atoms with Gasteiger partial charge >= 0.3 is 5.97 Å². The van der Waals surface area contributed by atoms with Crippen molar-refractivity contribution in [3.8, 4) is 0 Å². The van der Waals surface area contributed by atoms with Gasteiger partial charge in [-0.2, -0.15) is 0 Å². The fraction of sp³-hybridized carbons (Fsp3) is 0.462. The Morgan fingerprint density at radius 3 is 2.82 bits per heavy atom.